The molecule has 3 atom stereocenters. The van der Waals surface area contributed by atoms with Crippen LogP contribution in [0.1, 0.15) is 50.3 Å². The van der Waals surface area contributed by atoms with Crippen LogP contribution >= 0.6 is 0 Å². The molecule has 1 saturated carbocycles. The lowest BCUT2D eigenvalue weighted by atomic mass is 9.84. The zero-order valence-electron chi connectivity index (χ0n) is 11.5. The molecule has 1 N–H and O–H groups in total. The third-order valence-corrected chi connectivity index (χ3v) is 4.81. The van der Waals surface area contributed by atoms with Gasteiger partial charge in [0.25, 0.3) is 0 Å². The minimum atomic E-state index is 0.624. The van der Waals surface area contributed by atoms with E-state index in [-0.39, 0.29) is 0 Å². The van der Waals surface area contributed by atoms with E-state index in [0.717, 1.165) is 18.4 Å². The summed E-state index contributed by atoms with van der Waals surface area (Å²) >= 11 is 0. The molecular weight excluding hydrogens is 220 g/mol. The van der Waals surface area contributed by atoms with Crippen LogP contribution in [-0.2, 0) is 6.42 Å². The van der Waals surface area contributed by atoms with Gasteiger partial charge in [-0.05, 0) is 55.7 Å². The number of nitrogens with one attached hydrogen (secondary N) is 1. The van der Waals surface area contributed by atoms with E-state index < -0.39 is 0 Å². The Morgan fingerprint density at radius 2 is 2.22 bits per heavy atom. The Labute approximate surface area is 110 Å². The number of aromatic nitrogens is 1. The molecule has 2 nitrogen and oxygen atoms in total. The van der Waals surface area contributed by atoms with Crippen molar-refractivity contribution < 1.29 is 0 Å². The predicted octanol–water partition coefficient (Wildman–Crippen LogP) is 3.14. The molecular formula is C16H24N2. The van der Waals surface area contributed by atoms with Crippen LogP contribution in [0.2, 0.25) is 0 Å². The first-order chi connectivity index (χ1) is 8.81. The van der Waals surface area contributed by atoms with E-state index in [0.29, 0.717) is 12.0 Å². The number of nitrogens with zero attached hydrogens (tertiary/aromatic N) is 1. The topological polar surface area (TPSA) is 24.9 Å². The highest BCUT2D eigenvalue weighted by atomic mass is 14.9. The summed E-state index contributed by atoms with van der Waals surface area (Å²) in [6.07, 6.45) is 7.33. The van der Waals surface area contributed by atoms with Crippen molar-refractivity contribution in [2.45, 2.75) is 51.5 Å². The maximum atomic E-state index is 4.67. The van der Waals surface area contributed by atoms with Gasteiger partial charge in [0, 0.05) is 23.9 Å². The van der Waals surface area contributed by atoms with Gasteiger partial charge in [0.05, 0.1) is 0 Å². The Bertz CT molecular complexity index is 411. The number of hydrogen-bond acceptors (Lipinski definition) is 2. The second-order valence-corrected chi connectivity index (χ2v) is 5.97. The molecule has 0 spiro atoms. The second-order valence-electron chi connectivity index (χ2n) is 5.97. The largest absolute Gasteiger partial charge is 0.313 e. The molecule has 1 aromatic heterocycles. The summed E-state index contributed by atoms with van der Waals surface area (Å²) in [5.41, 5.74) is 2.85. The molecule has 18 heavy (non-hydrogen) atoms. The first-order valence-electron chi connectivity index (χ1n) is 7.48. The molecule has 3 rings (SSSR count). The van der Waals surface area contributed by atoms with E-state index in [2.05, 4.69) is 36.3 Å². The fraction of sp³-hybridized carbons (Fsp3) is 0.688. The van der Waals surface area contributed by atoms with Gasteiger partial charge in [-0.15, -0.1) is 0 Å². The lowest BCUT2D eigenvalue weighted by Crippen LogP contribution is -2.40. The third-order valence-electron chi connectivity index (χ3n) is 4.81. The molecule has 0 amide bonds. The molecule has 2 aliphatic carbocycles. The Hall–Kier alpha value is -0.890. The Balaban J connectivity index is 1.82. The molecule has 2 aliphatic rings. The van der Waals surface area contributed by atoms with Crippen molar-refractivity contribution in [3.63, 3.8) is 0 Å². The molecule has 1 aromatic rings. The molecule has 98 valence electrons. The summed E-state index contributed by atoms with van der Waals surface area (Å²) in [5.74, 6) is 2.39. The second kappa shape index (κ2) is 5.00. The quantitative estimate of drug-likeness (QED) is 0.860. The van der Waals surface area contributed by atoms with E-state index in [9.17, 15) is 0 Å². The van der Waals surface area contributed by atoms with Gasteiger partial charge in [-0.25, -0.2) is 0 Å². The van der Waals surface area contributed by atoms with E-state index in [1.165, 1.54) is 36.9 Å². The monoisotopic (exact) mass is 244 g/mol. The molecule has 0 bridgehead atoms. The first-order valence-corrected chi connectivity index (χ1v) is 7.48. The fourth-order valence-corrected chi connectivity index (χ4v) is 3.64. The normalized spacial score (nSPS) is 25.8. The molecule has 2 heteroatoms. The minimum Gasteiger partial charge on any atom is -0.313 e. The fourth-order valence-electron chi connectivity index (χ4n) is 3.64. The number of likely N-dealkylation sites (N-methyl/N-ethyl adjacent to an activating group) is 1. The zero-order valence-corrected chi connectivity index (χ0v) is 11.5. The van der Waals surface area contributed by atoms with E-state index in [1.54, 1.807) is 0 Å². The van der Waals surface area contributed by atoms with Crippen LogP contribution in [0.25, 0.3) is 0 Å². The van der Waals surface area contributed by atoms with Crippen LogP contribution in [0.4, 0.5) is 0 Å². The van der Waals surface area contributed by atoms with Gasteiger partial charge in [-0.1, -0.05) is 19.9 Å². The number of fused-ring (bicyclic) bond motifs is 1. The summed E-state index contributed by atoms with van der Waals surface area (Å²) in [5, 5.41) is 3.75. The van der Waals surface area contributed by atoms with Crippen LogP contribution in [-0.4, -0.2) is 17.6 Å². The molecule has 0 radical (unpaired) electrons. The van der Waals surface area contributed by atoms with Gasteiger partial charge in [-0.3, -0.25) is 4.98 Å². The van der Waals surface area contributed by atoms with E-state index in [4.69, 9.17) is 0 Å². The van der Waals surface area contributed by atoms with E-state index >= 15 is 0 Å². The summed E-state index contributed by atoms with van der Waals surface area (Å²) in [4.78, 5) is 4.67. The molecule has 0 aromatic carbocycles. The predicted molar refractivity (Wildman–Crippen MR) is 74.7 cm³/mol. The lowest BCUT2D eigenvalue weighted by Gasteiger charge is -2.30. The maximum absolute atomic E-state index is 4.67. The number of rotatable bonds is 5. The standard InChI is InChI=1S/C16H24N2/c1-3-17-15(11(2)12-6-7-12)14-9-8-13-5-4-10-18-16(13)14/h4-5,10-12,14-15,17H,3,6-9H2,1-2H3. The minimum absolute atomic E-state index is 0.624. The Morgan fingerprint density at radius 3 is 2.94 bits per heavy atom. The van der Waals surface area contributed by atoms with Gasteiger partial charge in [0.2, 0.25) is 0 Å². The summed E-state index contributed by atoms with van der Waals surface area (Å²) < 4.78 is 0. The Morgan fingerprint density at radius 1 is 1.39 bits per heavy atom. The smallest absolute Gasteiger partial charge is 0.0482 e. The van der Waals surface area contributed by atoms with Gasteiger partial charge in [-0.2, -0.15) is 0 Å². The molecule has 1 fully saturated rings. The Kier molecular flexibility index (Phi) is 3.38. The van der Waals surface area contributed by atoms with Crippen molar-refractivity contribution in [1.82, 2.24) is 10.3 Å². The average molecular weight is 244 g/mol. The van der Waals surface area contributed by atoms with Crippen molar-refractivity contribution in [2.24, 2.45) is 11.8 Å². The van der Waals surface area contributed by atoms with E-state index in [1.807, 2.05) is 6.20 Å². The van der Waals surface area contributed by atoms with Gasteiger partial charge >= 0.3 is 0 Å². The molecule has 0 aliphatic heterocycles. The SMILES string of the molecule is CCNC(C1CCc2cccnc21)C(C)C1CC1. The van der Waals surface area contributed by atoms with Gasteiger partial charge < -0.3 is 5.32 Å². The summed E-state index contributed by atoms with van der Waals surface area (Å²) in [7, 11) is 0. The third kappa shape index (κ3) is 2.18. The van der Waals surface area contributed by atoms with Crippen LogP contribution in [0.5, 0.6) is 0 Å². The zero-order chi connectivity index (χ0) is 12.5. The lowest BCUT2D eigenvalue weighted by molar-refractivity contribution is 0.296. The highest BCUT2D eigenvalue weighted by Crippen LogP contribution is 2.44. The molecule has 1 heterocycles. The highest BCUT2D eigenvalue weighted by Gasteiger charge is 2.39. The van der Waals surface area contributed by atoms with Crippen molar-refractivity contribution >= 4 is 0 Å². The first kappa shape index (κ1) is 12.2. The summed E-state index contributed by atoms with van der Waals surface area (Å²) in [6, 6.07) is 4.96. The van der Waals surface area contributed by atoms with Gasteiger partial charge in [0.15, 0.2) is 0 Å². The van der Waals surface area contributed by atoms with Crippen molar-refractivity contribution in [3.05, 3.63) is 29.6 Å². The van der Waals surface area contributed by atoms with Gasteiger partial charge in [0.1, 0.15) is 0 Å². The van der Waals surface area contributed by atoms with Crippen LogP contribution < -0.4 is 5.32 Å². The van der Waals surface area contributed by atoms with Crippen molar-refractivity contribution in [1.29, 1.82) is 0 Å². The molecule has 3 unspecified atom stereocenters. The number of hydrogen-bond donors (Lipinski definition) is 1. The summed E-state index contributed by atoms with van der Waals surface area (Å²) in [6.45, 7) is 5.73. The maximum Gasteiger partial charge on any atom is 0.0482 e. The van der Waals surface area contributed by atoms with Crippen LogP contribution in [0.3, 0.4) is 0 Å². The van der Waals surface area contributed by atoms with Crippen molar-refractivity contribution in [2.75, 3.05) is 6.54 Å². The molecule has 0 saturated heterocycles. The van der Waals surface area contributed by atoms with Crippen molar-refractivity contribution in [3.8, 4) is 0 Å². The van der Waals surface area contributed by atoms with Crippen LogP contribution in [0, 0.1) is 11.8 Å². The highest BCUT2D eigenvalue weighted by molar-refractivity contribution is 5.30. The van der Waals surface area contributed by atoms with Crippen LogP contribution in [0.15, 0.2) is 18.3 Å². The average Bonchev–Trinajstić information content (AvgIpc) is 3.16. The number of aryl methyl sites for hydroxylation is 1. The number of pyridine rings is 1.